The van der Waals surface area contributed by atoms with Crippen molar-refractivity contribution < 1.29 is 14.3 Å². The number of para-hydroxylation sites is 1. The molecule has 1 fully saturated rings. The number of hydrogen-bond acceptors (Lipinski definition) is 4. The molecule has 0 saturated carbocycles. The number of carbonyl (C=O) groups excluding carboxylic acids is 2. The smallest absolute Gasteiger partial charge is 0.278 e. The molecule has 0 bridgehead atoms. The lowest BCUT2D eigenvalue weighted by Gasteiger charge is -2.37. The van der Waals surface area contributed by atoms with Crippen LogP contribution >= 0.6 is 0 Å². The van der Waals surface area contributed by atoms with Crippen molar-refractivity contribution in [3.8, 4) is 5.75 Å². The summed E-state index contributed by atoms with van der Waals surface area (Å²) in [4.78, 5) is 31.0. The van der Waals surface area contributed by atoms with E-state index in [0.29, 0.717) is 28.9 Å². The maximum Gasteiger partial charge on any atom is 0.278 e. The van der Waals surface area contributed by atoms with E-state index in [1.165, 1.54) is 10.5 Å². The molecular weight excluding hydrogens is 400 g/mol. The number of ether oxygens (including phenoxy) is 1. The lowest BCUT2D eigenvalue weighted by Crippen LogP contribution is -2.41. The SMILES string of the molecule is COc1ccccc1CN1C(=O)C(c2ccc(C)c(C)c2)=C(N2CC(C)CC(C)C2)C1=O. The molecule has 2 aliphatic rings. The van der Waals surface area contributed by atoms with Crippen molar-refractivity contribution >= 4 is 17.4 Å². The molecule has 2 aromatic carbocycles. The molecule has 2 atom stereocenters. The number of benzene rings is 2. The molecule has 4 rings (SSSR count). The van der Waals surface area contributed by atoms with Crippen LogP contribution in [0.2, 0.25) is 0 Å². The van der Waals surface area contributed by atoms with Crippen LogP contribution in [0.25, 0.3) is 5.57 Å². The first-order chi connectivity index (χ1) is 15.3. The highest BCUT2D eigenvalue weighted by atomic mass is 16.5. The number of piperidine rings is 1. The largest absolute Gasteiger partial charge is 0.496 e. The van der Waals surface area contributed by atoms with E-state index in [1.807, 2.05) is 49.4 Å². The molecule has 32 heavy (non-hydrogen) atoms. The van der Waals surface area contributed by atoms with Crippen LogP contribution in [0.4, 0.5) is 0 Å². The molecular formula is C27H32N2O3. The van der Waals surface area contributed by atoms with Crippen LogP contribution in [-0.2, 0) is 16.1 Å². The van der Waals surface area contributed by atoms with Gasteiger partial charge in [-0.2, -0.15) is 0 Å². The second-order valence-electron chi connectivity index (χ2n) is 9.38. The van der Waals surface area contributed by atoms with Crippen molar-refractivity contribution in [3.05, 3.63) is 70.4 Å². The van der Waals surface area contributed by atoms with E-state index < -0.39 is 0 Å². The van der Waals surface area contributed by atoms with Gasteiger partial charge in [0.15, 0.2) is 0 Å². The van der Waals surface area contributed by atoms with Gasteiger partial charge in [-0.1, -0.05) is 50.2 Å². The molecule has 2 aliphatic heterocycles. The molecule has 0 spiro atoms. The van der Waals surface area contributed by atoms with E-state index in [4.69, 9.17) is 4.74 Å². The summed E-state index contributed by atoms with van der Waals surface area (Å²) in [6.07, 6.45) is 1.13. The third kappa shape index (κ3) is 4.04. The number of likely N-dealkylation sites (tertiary alicyclic amines) is 1. The zero-order valence-corrected chi connectivity index (χ0v) is 19.6. The van der Waals surface area contributed by atoms with E-state index in [0.717, 1.165) is 36.2 Å². The number of aryl methyl sites for hydroxylation is 2. The monoisotopic (exact) mass is 432 g/mol. The first-order valence-corrected chi connectivity index (χ1v) is 11.3. The van der Waals surface area contributed by atoms with Gasteiger partial charge in [0.05, 0.1) is 19.2 Å². The topological polar surface area (TPSA) is 49.9 Å². The van der Waals surface area contributed by atoms with Crippen molar-refractivity contribution in [2.24, 2.45) is 11.8 Å². The Bertz CT molecular complexity index is 1080. The minimum atomic E-state index is -0.231. The number of amides is 2. The fourth-order valence-corrected chi connectivity index (χ4v) is 5.01. The van der Waals surface area contributed by atoms with Gasteiger partial charge < -0.3 is 9.64 Å². The molecule has 5 heteroatoms. The van der Waals surface area contributed by atoms with Crippen molar-refractivity contribution in [1.29, 1.82) is 0 Å². The summed E-state index contributed by atoms with van der Waals surface area (Å²) in [7, 11) is 1.60. The Hall–Kier alpha value is -3.08. The Labute approximate surface area is 190 Å². The van der Waals surface area contributed by atoms with Crippen LogP contribution in [0.5, 0.6) is 5.75 Å². The standard InChI is InChI=1S/C27H32N2O3/c1-17-12-18(2)15-28(14-17)25-24(21-11-10-19(3)20(4)13-21)26(30)29(27(25)31)16-22-8-6-7-9-23(22)32-5/h6-11,13,17-18H,12,14-16H2,1-5H3. The predicted octanol–water partition coefficient (Wildman–Crippen LogP) is 4.57. The number of carbonyl (C=O) groups is 2. The van der Waals surface area contributed by atoms with Crippen molar-refractivity contribution in [2.45, 2.75) is 40.7 Å². The summed E-state index contributed by atoms with van der Waals surface area (Å²) in [5.74, 6) is 1.17. The Morgan fingerprint density at radius 2 is 1.62 bits per heavy atom. The maximum absolute atomic E-state index is 13.7. The first kappa shape index (κ1) is 22.1. The molecule has 2 unspecified atom stereocenters. The summed E-state index contributed by atoms with van der Waals surface area (Å²) in [6, 6.07) is 13.6. The van der Waals surface area contributed by atoms with Gasteiger partial charge in [0.25, 0.3) is 11.8 Å². The normalized spacial score (nSPS) is 21.5. The Morgan fingerprint density at radius 3 is 2.28 bits per heavy atom. The van der Waals surface area contributed by atoms with Crippen molar-refractivity contribution in [2.75, 3.05) is 20.2 Å². The maximum atomic E-state index is 13.7. The number of nitrogens with zero attached hydrogens (tertiary/aromatic N) is 2. The third-order valence-corrected chi connectivity index (χ3v) is 6.65. The zero-order chi connectivity index (χ0) is 23.0. The molecule has 0 aliphatic carbocycles. The van der Waals surface area contributed by atoms with Gasteiger partial charge in [0, 0.05) is 18.7 Å². The Kier molecular flexibility index (Phi) is 6.09. The van der Waals surface area contributed by atoms with E-state index in [9.17, 15) is 9.59 Å². The fourth-order valence-electron chi connectivity index (χ4n) is 5.01. The van der Waals surface area contributed by atoms with Gasteiger partial charge in [-0.15, -0.1) is 0 Å². The molecule has 2 amide bonds. The lowest BCUT2D eigenvalue weighted by atomic mass is 9.90. The van der Waals surface area contributed by atoms with E-state index in [2.05, 4.69) is 25.7 Å². The molecule has 2 aromatic rings. The van der Waals surface area contributed by atoms with E-state index in [-0.39, 0.29) is 18.4 Å². The number of methoxy groups -OCH3 is 1. The number of hydrogen-bond donors (Lipinski definition) is 0. The quantitative estimate of drug-likeness (QED) is 0.650. The summed E-state index contributed by atoms with van der Waals surface area (Å²) < 4.78 is 5.46. The van der Waals surface area contributed by atoms with Gasteiger partial charge in [-0.05, 0) is 54.9 Å². The molecule has 5 nitrogen and oxygen atoms in total. The van der Waals surface area contributed by atoms with Crippen LogP contribution in [0, 0.1) is 25.7 Å². The van der Waals surface area contributed by atoms with Crippen LogP contribution < -0.4 is 4.74 Å². The lowest BCUT2D eigenvalue weighted by molar-refractivity contribution is -0.138. The Balaban J connectivity index is 1.78. The third-order valence-electron chi connectivity index (χ3n) is 6.65. The average molecular weight is 433 g/mol. The first-order valence-electron chi connectivity index (χ1n) is 11.3. The average Bonchev–Trinajstić information content (AvgIpc) is 3.00. The van der Waals surface area contributed by atoms with Crippen LogP contribution in [0.15, 0.2) is 48.2 Å². The predicted molar refractivity (Wildman–Crippen MR) is 126 cm³/mol. The van der Waals surface area contributed by atoms with Gasteiger partial charge in [-0.25, -0.2) is 0 Å². The number of rotatable bonds is 5. The van der Waals surface area contributed by atoms with E-state index in [1.54, 1.807) is 7.11 Å². The number of imide groups is 1. The van der Waals surface area contributed by atoms with Crippen molar-refractivity contribution in [1.82, 2.24) is 9.80 Å². The second kappa shape index (κ2) is 8.81. The van der Waals surface area contributed by atoms with Crippen LogP contribution in [0.1, 0.15) is 42.5 Å². The van der Waals surface area contributed by atoms with Crippen molar-refractivity contribution in [3.63, 3.8) is 0 Å². The molecule has 2 heterocycles. The summed E-state index contributed by atoms with van der Waals surface area (Å²) in [6.45, 7) is 10.3. The minimum Gasteiger partial charge on any atom is -0.496 e. The summed E-state index contributed by atoms with van der Waals surface area (Å²) >= 11 is 0. The second-order valence-corrected chi connectivity index (χ2v) is 9.38. The van der Waals surface area contributed by atoms with Crippen LogP contribution in [0.3, 0.4) is 0 Å². The van der Waals surface area contributed by atoms with Gasteiger partial charge in [0.2, 0.25) is 0 Å². The summed E-state index contributed by atoms with van der Waals surface area (Å²) in [5.41, 5.74) is 4.98. The Morgan fingerprint density at radius 1 is 0.938 bits per heavy atom. The molecule has 0 aromatic heterocycles. The highest BCUT2D eigenvalue weighted by molar-refractivity contribution is 6.35. The minimum absolute atomic E-state index is 0.193. The van der Waals surface area contributed by atoms with Gasteiger partial charge in [0.1, 0.15) is 11.4 Å². The van der Waals surface area contributed by atoms with E-state index >= 15 is 0 Å². The molecule has 0 N–H and O–H groups in total. The summed E-state index contributed by atoms with van der Waals surface area (Å²) in [5, 5.41) is 0. The molecule has 1 saturated heterocycles. The van der Waals surface area contributed by atoms with Crippen LogP contribution in [-0.4, -0.2) is 41.8 Å². The fraction of sp³-hybridized carbons (Fsp3) is 0.407. The highest BCUT2D eigenvalue weighted by Crippen LogP contribution is 2.36. The zero-order valence-electron chi connectivity index (χ0n) is 19.6. The van der Waals surface area contributed by atoms with Gasteiger partial charge in [-0.3, -0.25) is 14.5 Å². The highest BCUT2D eigenvalue weighted by Gasteiger charge is 2.43. The molecule has 0 radical (unpaired) electrons. The van der Waals surface area contributed by atoms with Gasteiger partial charge >= 0.3 is 0 Å². The molecule has 168 valence electrons.